The highest BCUT2D eigenvalue weighted by atomic mass is 16.2. The smallest absolute Gasteiger partial charge is 0.272 e. The van der Waals surface area contributed by atoms with Crippen LogP contribution in [0.25, 0.3) is 0 Å². The SMILES string of the molecule is CCn1nccc1C(=O)N1CCN(Cc2cc(C)cc(C)c2)C(=O)C1. The van der Waals surface area contributed by atoms with Crippen molar-refractivity contribution in [2.24, 2.45) is 0 Å². The molecule has 25 heavy (non-hydrogen) atoms. The van der Waals surface area contributed by atoms with Crippen molar-refractivity contribution in [3.63, 3.8) is 0 Å². The van der Waals surface area contributed by atoms with E-state index in [1.165, 1.54) is 11.1 Å². The van der Waals surface area contributed by atoms with Gasteiger partial charge in [0.05, 0.1) is 0 Å². The molecule has 0 saturated carbocycles. The topological polar surface area (TPSA) is 58.4 Å². The second-order valence-corrected chi connectivity index (χ2v) is 6.57. The van der Waals surface area contributed by atoms with Gasteiger partial charge in [0.2, 0.25) is 5.91 Å². The Morgan fingerprint density at radius 2 is 1.88 bits per heavy atom. The van der Waals surface area contributed by atoms with Crippen molar-refractivity contribution in [1.82, 2.24) is 19.6 Å². The fourth-order valence-electron chi connectivity index (χ4n) is 3.36. The molecule has 0 N–H and O–H groups in total. The van der Waals surface area contributed by atoms with Gasteiger partial charge in [-0.1, -0.05) is 29.3 Å². The lowest BCUT2D eigenvalue weighted by atomic mass is 10.1. The van der Waals surface area contributed by atoms with Gasteiger partial charge in [0.15, 0.2) is 0 Å². The van der Waals surface area contributed by atoms with E-state index >= 15 is 0 Å². The number of carbonyl (C=O) groups excluding carboxylic acids is 2. The monoisotopic (exact) mass is 340 g/mol. The molecule has 2 amide bonds. The Kier molecular flexibility index (Phi) is 4.88. The van der Waals surface area contributed by atoms with Crippen molar-refractivity contribution >= 4 is 11.8 Å². The molecule has 3 rings (SSSR count). The van der Waals surface area contributed by atoms with E-state index in [1.54, 1.807) is 21.8 Å². The highest BCUT2D eigenvalue weighted by Crippen LogP contribution is 2.15. The van der Waals surface area contributed by atoms with Crippen LogP contribution in [0.2, 0.25) is 0 Å². The lowest BCUT2D eigenvalue weighted by Crippen LogP contribution is -2.52. The van der Waals surface area contributed by atoms with Gasteiger partial charge < -0.3 is 9.80 Å². The van der Waals surface area contributed by atoms with Crippen LogP contribution in [0.15, 0.2) is 30.5 Å². The number of benzene rings is 1. The number of hydrogen-bond donors (Lipinski definition) is 0. The molecule has 132 valence electrons. The molecule has 0 spiro atoms. The molecule has 0 bridgehead atoms. The highest BCUT2D eigenvalue weighted by Gasteiger charge is 2.29. The van der Waals surface area contributed by atoms with Crippen LogP contribution in [-0.4, -0.2) is 51.0 Å². The van der Waals surface area contributed by atoms with Crippen LogP contribution in [0.3, 0.4) is 0 Å². The van der Waals surface area contributed by atoms with Crippen molar-refractivity contribution in [2.45, 2.75) is 33.9 Å². The zero-order valence-corrected chi connectivity index (χ0v) is 15.0. The molecule has 1 aromatic heterocycles. The van der Waals surface area contributed by atoms with Gasteiger partial charge in [-0.05, 0) is 32.4 Å². The molecular weight excluding hydrogens is 316 g/mol. The minimum atomic E-state index is -0.126. The fraction of sp³-hybridized carbons (Fsp3) is 0.421. The first-order chi connectivity index (χ1) is 12.0. The van der Waals surface area contributed by atoms with Crippen LogP contribution in [-0.2, 0) is 17.9 Å². The zero-order chi connectivity index (χ0) is 18.0. The number of aryl methyl sites for hydroxylation is 3. The summed E-state index contributed by atoms with van der Waals surface area (Å²) in [5.74, 6) is -0.139. The number of aromatic nitrogens is 2. The minimum Gasteiger partial charge on any atom is -0.335 e. The Hall–Kier alpha value is -2.63. The van der Waals surface area contributed by atoms with Crippen LogP contribution >= 0.6 is 0 Å². The summed E-state index contributed by atoms with van der Waals surface area (Å²) in [6.45, 7) is 8.51. The molecule has 0 aliphatic carbocycles. The molecule has 1 aromatic carbocycles. The zero-order valence-electron chi connectivity index (χ0n) is 15.0. The summed E-state index contributed by atoms with van der Waals surface area (Å²) in [6, 6.07) is 8.05. The van der Waals surface area contributed by atoms with Crippen LogP contribution in [0.1, 0.15) is 34.1 Å². The van der Waals surface area contributed by atoms with E-state index in [-0.39, 0.29) is 18.4 Å². The molecule has 0 atom stereocenters. The quantitative estimate of drug-likeness (QED) is 0.855. The van der Waals surface area contributed by atoms with E-state index in [0.29, 0.717) is 31.9 Å². The van der Waals surface area contributed by atoms with Gasteiger partial charge in [-0.2, -0.15) is 5.10 Å². The summed E-state index contributed by atoms with van der Waals surface area (Å²) in [6.07, 6.45) is 1.62. The van der Waals surface area contributed by atoms with Gasteiger partial charge in [0, 0.05) is 32.4 Å². The average Bonchev–Trinajstić information content (AvgIpc) is 3.03. The average molecular weight is 340 g/mol. The standard InChI is InChI=1S/C19H24N4O2/c1-4-23-17(5-6-20-23)19(25)22-8-7-21(18(24)13-22)12-16-10-14(2)9-15(3)11-16/h5-6,9-11H,4,7-8,12-13H2,1-3H3. The number of piperazine rings is 1. The summed E-state index contributed by atoms with van der Waals surface area (Å²) in [5.41, 5.74) is 4.07. The van der Waals surface area contributed by atoms with Gasteiger partial charge in [-0.25, -0.2) is 0 Å². The maximum atomic E-state index is 12.6. The largest absolute Gasteiger partial charge is 0.335 e. The molecule has 0 unspecified atom stereocenters. The third-order valence-corrected chi connectivity index (χ3v) is 4.50. The minimum absolute atomic E-state index is 0.0127. The summed E-state index contributed by atoms with van der Waals surface area (Å²) >= 11 is 0. The molecule has 2 heterocycles. The number of nitrogens with zero attached hydrogens (tertiary/aromatic N) is 4. The maximum absolute atomic E-state index is 12.6. The van der Waals surface area contributed by atoms with Crippen LogP contribution in [0.5, 0.6) is 0 Å². The summed E-state index contributed by atoms with van der Waals surface area (Å²) in [5, 5.41) is 4.13. The van der Waals surface area contributed by atoms with Gasteiger partial charge in [0.1, 0.15) is 12.2 Å². The van der Waals surface area contributed by atoms with Gasteiger partial charge in [0.25, 0.3) is 5.91 Å². The van der Waals surface area contributed by atoms with Gasteiger partial charge in [-0.15, -0.1) is 0 Å². The molecule has 6 heteroatoms. The molecular formula is C19H24N4O2. The van der Waals surface area contributed by atoms with Gasteiger partial charge >= 0.3 is 0 Å². The summed E-state index contributed by atoms with van der Waals surface area (Å²) < 4.78 is 1.66. The van der Waals surface area contributed by atoms with Crippen LogP contribution < -0.4 is 0 Å². The Morgan fingerprint density at radius 1 is 1.16 bits per heavy atom. The second kappa shape index (κ2) is 7.09. The first-order valence-electron chi connectivity index (χ1n) is 8.64. The van der Waals surface area contributed by atoms with Crippen molar-refractivity contribution in [3.05, 3.63) is 52.8 Å². The predicted octanol–water partition coefficient (Wildman–Crippen LogP) is 2.00. The number of amides is 2. The van der Waals surface area contributed by atoms with E-state index in [1.807, 2.05) is 11.8 Å². The maximum Gasteiger partial charge on any atom is 0.272 e. The number of hydrogen-bond acceptors (Lipinski definition) is 3. The first kappa shape index (κ1) is 17.2. The molecule has 1 aliphatic heterocycles. The van der Waals surface area contributed by atoms with E-state index in [9.17, 15) is 9.59 Å². The van der Waals surface area contributed by atoms with E-state index < -0.39 is 0 Å². The lowest BCUT2D eigenvalue weighted by molar-refractivity contribution is -0.135. The highest BCUT2D eigenvalue weighted by molar-refractivity contribution is 5.95. The van der Waals surface area contributed by atoms with E-state index in [2.05, 4.69) is 37.1 Å². The molecule has 6 nitrogen and oxygen atoms in total. The number of rotatable bonds is 4. The third-order valence-electron chi connectivity index (χ3n) is 4.50. The van der Waals surface area contributed by atoms with Crippen molar-refractivity contribution in [3.8, 4) is 0 Å². The summed E-state index contributed by atoms with van der Waals surface area (Å²) in [7, 11) is 0. The van der Waals surface area contributed by atoms with Crippen molar-refractivity contribution < 1.29 is 9.59 Å². The van der Waals surface area contributed by atoms with Gasteiger partial charge in [-0.3, -0.25) is 14.3 Å². The molecule has 2 aromatic rings. The predicted molar refractivity (Wildman–Crippen MR) is 95.1 cm³/mol. The Balaban J connectivity index is 1.66. The first-order valence-corrected chi connectivity index (χ1v) is 8.64. The number of carbonyl (C=O) groups is 2. The van der Waals surface area contributed by atoms with E-state index in [0.717, 1.165) is 5.56 Å². The molecule has 0 radical (unpaired) electrons. The van der Waals surface area contributed by atoms with Crippen molar-refractivity contribution in [2.75, 3.05) is 19.6 Å². The Labute approximate surface area is 148 Å². The van der Waals surface area contributed by atoms with Crippen LogP contribution in [0.4, 0.5) is 0 Å². The van der Waals surface area contributed by atoms with Crippen LogP contribution in [0, 0.1) is 13.8 Å². The fourth-order valence-corrected chi connectivity index (χ4v) is 3.36. The lowest BCUT2D eigenvalue weighted by Gasteiger charge is -2.34. The normalized spacial score (nSPS) is 14.9. The summed E-state index contributed by atoms with van der Waals surface area (Å²) in [4.78, 5) is 28.6. The second-order valence-electron chi connectivity index (χ2n) is 6.57. The Morgan fingerprint density at radius 3 is 2.52 bits per heavy atom. The Bertz CT molecular complexity index is 776. The van der Waals surface area contributed by atoms with Crippen molar-refractivity contribution in [1.29, 1.82) is 0 Å². The molecule has 1 fully saturated rings. The third kappa shape index (κ3) is 3.73. The van der Waals surface area contributed by atoms with E-state index in [4.69, 9.17) is 0 Å². The molecule has 1 saturated heterocycles. The molecule has 1 aliphatic rings.